The maximum absolute atomic E-state index is 2.57. The van der Waals surface area contributed by atoms with Gasteiger partial charge in [-0.25, -0.2) is 0 Å². The minimum Gasteiger partial charge on any atom is -0.341 e. The Morgan fingerprint density at radius 3 is 2.80 bits per heavy atom. The summed E-state index contributed by atoms with van der Waals surface area (Å²) in [6.07, 6.45) is 9.17. The number of fused-ring (bicyclic) bond motifs is 1. The van der Waals surface area contributed by atoms with Gasteiger partial charge in [0.25, 0.3) is 0 Å². The molecule has 0 atom stereocenters. The van der Waals surface area contributed by atoms with Crippen LogP contribution in [0.5, 0.6) is 0 Å². The van der Waals surface area contributed by atoms with Gasteiger partial charge in [0.15, 0.2) is 0 Å². The van der Waals surface area contributed by atoms with Crippen LogP contribution in [0.15, 0.2) is 30.5 Å². The maximum atomic E-state index is 2.57. The first-order valence-electron chi connectivity index (χ1n) is 5.99. The highest BCUT2D eigenvalue weighted by Gasteiger charge is 2.40. The minimum atomic E-state index is 0.464. The van der Waals surface area contributed by atoms with Gasteiger partial charge in [0.1, 0.15) is 0 Å². The van der Waals surface area contributed by atoms with Crippen LogP contribution in [0.3, 0.4) is 0 Å². The van der Waals surface area contributed by atoms with E-state index in [0.29, 0.717) is 5.54 Å². The van der Waals surface area contributed by atoms with Gasteiger partial charge in [0.2, 0.25) is 0 Å². The summed E-state index contributed by atoms with van der Waals surface area (Å²) in [6, 6.07) is 9.03. The third kappa shape index (κ3) is 0.847. The molecule has 0 unspecified atom stereocenters. The molecule has 1 nitrogen and oxygen atoms in total. The van der Waals surface area contributed by atoms with Gasteiger partial charge in [-0.1, -0.05) is 31.0 Å². The Kier molecular flexibility index (Phi) is 1.31. The highest BCUT2D eigenvalue weighted by atomic mass is 15.1. The molecule has 0 N–H and O–H groups in total. The fraction of sp³-hybridized carbons (Fsp3) is 0.429. The van der Waals surface area contributed by atoms with Crippen molar-refractivity contribution in [2.75, 3.05) is 0 Å². The number of para-hydroxylation sites is 1. The van der Waals surface area contributed by atoms with Crippen LogP contribution in [0.2, 0.25) is 0 Å². The molecule has 76 valence electrons. The van der Waals surface area contributed by atoms with Gasteiger partial charge >= 0.3 is 0 Å². The van der Waals surface area contributed by atoms with E-state index in [-0.39, 0.29) is 0 Å². The second kappa shape index (κ2) is 2.46. The van der Waals surface area contributed by atoms with E-state index in [9.17, 15) is 0 Å². The van der Waals surface area contributed by atoms with Crippen LogP contribution in [0.25, 0.3) is 10.9 Å². The van der Waals surface area contributed by atoms with E-state index >= 15 is 0 Å². The van der Waals surface area contributed by atoms with E-state index in [1.165, 1.54) is 43.0 Å². The lowest BCUT2D eigenvalue weighted by Crippen LogP contribution is -2.27. The third-order valence-electron chi connectivity index (χ3n) is 4.36. The summed E-state index contributed by atoms with van der Waals surface area (Å²) in [5, 5.41) is 1.43. The predicted molar refractivity (Wildman–Crippen MR) is 62.1 cm³/mol. The Morgan fingerprint density at radius 2 is 1.93 bits per heavy atom. The monoisotopic (exact) mass is 197 g/mol. The van der Waals surface area contributed by atoms with Gasteiger partial charge in [0.05, 0.1) is 5.52 Å². The molecule has 2 aromatic rings. The van der Waals surface area contributed by atoms with E-state index in [4.69, 9.17) is 0 Å². The highest BCUT2D eigenvalue weighted by molar-refractivity contribution is 5.85. The van der Waals surface area contributed by atoms with Gasteiger partial charge in [-0.3, -0.25) is 0 Å². The fourth-order valence-corrected chi connectivity index (χ4v) is 3.70. The van der Waals surface area contributed by atoms with E-state index in [1.54, 1.807) is 5.56 Å². The average Bonchev–Trinajstić information content (AvgIpc) is 2.90. The van der Waals surface area contributed by atoms with E-state index in [1.807, 2.05) is 0 Å². The van der Waals surface area contributed by atoms with Crippen LogP contribution >= 0.6 is 0 Å². The average molecular weight is 197 g/mol. The molecule has 0 amide bonds. The lowest BCUT2D eigenvalue weighted by molar-refractivity contribution is 0.319. The van der Waals surface area contributed by atoms with Crippen LogP contribution in [0, 0.1) is 0 Å². The van der Waals surface area contributed by atoms with E-state index in [0.717, 1.165) is 0 Å². The molecule has 1 saturated carbocycles. The molecule has 1 aliphatic carbocycles. The molecule has 4 rings (SSSR count). The van der Waals surface area contributed by atoms with Crippen molar-refractivity contribution >= 4 is 10.9 Å². The third-order valence-corrected chi connectivity index (χ3v) is 4.36. The Bertz CT molecular complexity index is 529. The van der Waals surface area contributed by atoms with Crippen molar-refractivity contribution in [3.8, 4) is 0 Å². The zero-order valence-corrected chi connectivity index (χ0v) is 8.87. The summed E-state index contributed by atoms with van der Waals surface area (Å²) in [5.74, 6) is 0. The number of benzene rings is 1. The van der Waals surface area contributed by atoms with Crippen LogP contribution in [0.1, 0.15) is 31.2 Å². The molecular weight excluding hydrogens is 182 g/mol. The molecule has 0 saturated heterocycles. The molecule has 2 aliphatic rings. The van der Waals surface area contributed by atoms with Crippen molar-refractivity contribution in [3.63, 3.8) is 0 Å². The number of hydrogen-bond acceptors (Lipinski definition) is 0. The summed E-state index contributed by atoms with van der Waals surface area (Å²) in [7, 11) is 0. The van der Waals surface area contributed by atoms with Gasteiger partial charge in [0, 0.05) is 11.7 Å². The summed E-state index contributed by atoms with van der Waals surface area (Å²) >= 11 is 0. The first-order valence-corrected chi connectivity index (χ1v) is 5.99. The Hall–Kier alpha value is -1.24. The highest BCUT2D eigenvalue weighted by Crippen LogP contribution is 2.46. The molecule has 0 bridgehead atoms. The standard InChI is InChI=1S/C14H15N/c1-2-8-14(7-1)10-12-5-3-4-11-6-9-15(14)13(11)12/h3-6,9H,1-2,7-8,10H2. The summed E-state index contributed by atoms with van der Waals surface area (Å²) in [6.45, 7) is 0. The lowest BCUT2D eigenvalue weighted by atomic mass is 9.92. The summed E-state index contributed by atoms with van der Waals surface area (Å²) < 4.78 is 2.57. The molecule has 15 heavy (non-hydrogen) atoms. The molecule has 1 heteroatoms. The van der Waals surface area contributed by atoms with E-state index < -0.39 is 0 Å². The Labute approximate surface area is 89.7 Å². The lowest BCUT2D eigenvalue weighted by Gasteiger charge is -2.26. The molecule has 0 radical (unpaired) electrons. The molecule has 1 aromatic heterocycles. The second-order valence-corrected chi connectivity index (χ2v) is 5.15. The number of nitrogens with zero attached hydrogens (tertiary/aromatic N) is 1. The summed E-state index contributed by atoms with van der Waals surface area (Å²) in [5.41, 5.74) is 3.55. The summed E-state index contributed by atoms with van der Waals surface area (Å²) in [4.78, 5) is 0. The van der Waals surface area contributed by atoms with Gasteiger partial charge in [-0.15, -0.1) is 0 Å². The van der Waals surface area contributed by atoms with Crippen molar-refractivity contribution in [2.24, 2.45) is 0 Å². The molecule has 1 fully saturated rings. The number of aromatic nitrogens is 1. The second-order valence-electron chi connectivity index (χ2n) is 5.15. The zero-order valence-electron chi connectivity index (χ0n) is 8.87. The van der Waals surface area contributed by atoms with Gasteiger partial charge < -0.3 is 4.57 Å². The van der Waals surface area contributed by atoms with Crippen LogP contribution in [0.4, 0.5) is 0 Å². The molecule has 2 heterocycles. The maximum Gasteiger partial charge on any atom is 0.0519 e. The van der Waals surface area contributed by atoms with Crippen LogP contribution in [-0.4, -0.2) is 4.57 Å². The Morgan fingerprint density at radius 1 is 1.07 bits per heavy atom. The van der Waals surface area contributed by atoms with Gasteiger partial charge in [-0.2, -0.15) is 0 Å². The number of hydrogen-bond donors (Lipinski definition) is 0. The number of rotatable bonds is 0. The fourth-order valence-electron chi connectivity index (χ4n) is 3.70. The molecule has 1 aliphatic heterocycles. The molecule has 1 spiro atoms. The van der Waals surface area contributed by atoms with Crippen molar-refractivity contribution in [2.45, 2.75) is 37.6 Å². The SMILES string of the molecule is c1cc2c3c(c1)ccn3C1(CCCC1)C2. The van der Waals surface area contributed by atoms with Crippen LogP contribution < -0.4 is 0 Å². The first-order chi connectivity index (χ1) is 7.39. The minimum absolute atomic E-state index is 0.464. The van der Waals surface area contributed by atoms with E-state index in [2.05, 4.69) is 35.0 Å². The van der Waals surface area contributed by atoms with Gasteiger partial charge in [-0.05, 0) is 36.3 Å². The molecule has 1 aromatic carbocycles. The predicted octanol–water partition coefficient (Wildman–Crippen LogP) is 3.47. The van der Waals surface area contributed by atoms with Crippen molar-refractivity contribution in [1.29, 1.82) is 0 Å². The normalized spacial score (nSPS) is 21.9. The Balaban J connectivity index is 2.06. The molecular formula is C14H15N. The van der Waals surface area contributed by atoms with Crippen molar-refractivity contribution in [1.82, 2.24) is 4.57 Å². The van der Waals surface area contributed by atoms with Crippen molar-refractivity contribution < 1.29 is 0 Å². The topological polar surface area (TPSA) is 4.93 Å². The smallest absolute Gasteiger partial charge is 0.0519 e. The largest absolute Gasteiger partial charge is 0.341 e. The first kappa shape index (κ1) is 7.98. The van der Waals surface area contributed by atoms with Crippen molar-refractivity contribution in [3.05, 3.63) is 36.0 Å². The van der Waals surface area contributed by atoms with Crippen LogP contribution in [-0.2, 0) is 12.0 Å². The zero-order chi connectivity index (χ0) is 9.88. The quantitative estimate of drug-likeness (QED) is 0.609.